The van der Waals surface area contributed by atoms with E-state index in [0.29, 0.717) is 17.9 Å². The maximum atomic E-state index is 12.3. The molecular formula is C20H22N2O2. The highest BCUT2D eigenvalue weighted by Gasteiger charge is 2.17. The Morgan fingerprint density at radius 3 is 2.62 bits per heavy atom. The molecule has 0 fully saturated rings. The third-order valence-electron chi connectivity index (χ3n) is 3.93. The van der Waals surface area contributed by atoms with E-state index < -0.39 is 6.10 Å². The number of amides is 1. The van der Waals surface area contributed by atoms with Crippen molar-refractivity contribution in [2.45, 2.75) is 32.3 Å². The average Bonchev–Trinajstić information content (AvgIpc) is 2.63. The largest absolute Gasteiger partial charge is 0.481 e. The molecule has 1 N–H and O–H groups in total. The zero-order valence-electron chi connectivity index (χ0n) is 14.0. The van der Waals surface area contributed by atoms with Gasteiger partial charge in [0.1, 0.15) is 5.75 Å². The Labute approximate surface area is 143 Å². The third-order valence-corrected chi connectivity index (χ3v) is 3.93. The Balaban J connectivity index is 1.90. The van der Waals surface area contributed by atoms with Crippen LogP contribution in [0.4, 0.5) is 0 Å². The molecule has 4 heteroatoms. The van der Waals surface area contributed by atoms with Crippen LogP contribution in [0.2, 0.25) is 0 Å². The van der Waals surface area contributed by atoms with Gasteiger partial charge in [0.05, 0.1) is 11.6 Å². The van der Waals surface area contributed by atoms with Crippen LogP contribution >= 0.6 is 0 Å². The Kier molecular flexibility index (Phi) is 6.39. The molecule has 0 heterocycles. The summed E-state index contributed by atoms with van der Waals surface area (Å²) in [6, 6.07) is 19.0. The maximum absolute atomic E-state index is 12.3. The lowest BCUT2D eigenvalue weighted by Gasteiger charge is -2.19. The second kappa shape index (κ2) is 8.73. The summed E-state index contributed by atoms with van der Waals surface area (Å²) in [5.41, 5.74) is 1.73. The van der Waals surface area contributed by atoms with Crippen molar-refractivity contribution in [3.63, 3.8) is 0 Å². The Morgan fingerprint density at radius 1 is 1.21 bits per heavy atom. The van der Waals surface area contributed by atoms with Gasteiger partial charge in [-0.1, -0.05) is 43.3 Å². The molecule has 0 aliphatic rings. The smallest absolute Gasteiger partial charge is 0.260 e. The minimum atomic E-state index is -0.618. The summed E-state index contributed by atoms with van der Waals surface area (Å²) in [6.45, 7) is 4.39. The first-order valence-electron chi connectivity index (χ1n) is 8.13. The normalized spacial score (nSPS) is 12.7. The van der Waals surface area contributed by atoms with E-state index in [2.05, 4.69) is 30.4 Å². The van der Waals surface area contributed by atoms with Crippen molar-refractivity contribution in [2.24, 2.45) is 0 Å². The molecule has 2 aromatic rings. The van der Waals surface area contributed by atoms with E-state index in [4.69, 9.17) is 10.00 Å². The summed E-state index contributed by atoms with van der Waals surface area (Å²) in [6.07, 6.45) is 0.330. The van der Waals surface area contributed by atoms with E-state index >= 15 is 0 Å². The summed E-state index contributed by atoms with van der Waals surface area (Å²) in [5.74, 6) is 0.641. The number of benzene rings is 2. The van der Waals surface area contributed by atoms with Gasteiger partial charge in [-0.25, -0.2) is 0 Å². The molecule has 1 amide bonds. The summed E-state index contributed by atoms with van der Waals surface area (Å²) in [4.78, 5) is 12.3. The van der Waals surface area contributed by atoms with E-state index in [0.717, 1.165) is 6.42 Å². The van der Waals surface area contributed by atoms with Crippen molar-refractivity contribution in [2.75, 3.05) is 6.54 Å². The van der Waals surface area contributed by atoms with Crippen LogP contribution in [0.15, 0.2) is 54.6 Å². The van der Waals surface area contributed by atoms with Gasteiger partial charge in [0.2, 0.25) is 0 Å². The lowest BCUT2D eigenvalue weighted by atomic mass is 9.96. The van der Waals surface area contributed by atoms with Crippen LogP contribution in [-0.2, 0) is 4.79 Å². The fourth-order valence-corrected chi connectivity index (χ4v) is 2.49. The van der Waals surface area contributed by atoms with Crippen LogP contribution in [0.5, 0.6) is 5.75 Å². The lowest BCUT2D eigenvalue weighted by Crippen LogP contribution is -2.38. The molecule has 0 aliphatic carbocycles. The third kappa shape index (κ3) is 4.85. The predicted molar refractivity (Wildman–Crippen MR) is 93.7 cm³/mol. The highest BCUT2D eigenvalue weighted by Crippen LogP contribution is 2.18. The lowest BCUT2D eigenvalue weighted by molar-refractivity contribution is -0.127. The Morgan fingerprint density at radius 2 is 1.96 bits per heavy atom. The first-order chi connectivity index (χ1) is 11.6. The predicted octanol–water partition coefficient (Wildman–Crippen LogP) is 3.64. The number of rotatable bonds is 7. The van der Waals surface area contributed by atoms with Gasteiger partial charge in [-0.2, -0.15) is 5.26 Å². The second-order valence-corrected chi connectivity index (χ2v) is 5.66. The van der Waals surface area contributed by atoms with E-state index in [1.54, 1.807) is 31.2 Å². The van der Waals surface area contributed by atoms with Crippen molar-refractivity contribution in [1.82, 2.24) is 5.32 Å². The molecule has 0 spiro atoms. The summed E-state index contributed by atoms with van der Waals surface area (Å²) in [5, 5.41) is 11.9. The number of nitrogens with one attached hydrogen (secondary N) is 1. The van der Waals surface area contributed by atoms with Gasteiger partial charge < -0.3 is 10.1 Å². The first kappa shape index (κ1) is 17.6. The summed E-state index contributed by atoms with van der Waals surface area (Å²) in [7, 11) is 0. The van der Waals surface area contributed by atoms with E-state index in [-0.39, 0.29) is 11.8 Å². The molecule has 2 aromatic carbocycles. The van der Waals surface area contributed by atoms with Crippen molar-refractivity contribution in [3.05, 3.63) is 65.7 Å². The Bertz CT molecular complexity index is 707. The minimum Gasteiger partial charge on any atom is -0.481 e. The monoisotopic (exact) mass is 322 g/mol. The molecule has 0 radical (unpaired) electrons. The van der Waals surface area contributed by atoms with E-state index in [1.807, 2.05) is 18.2 Å². The van der Waals surface area contributed by atoms with Gasteiger partial charge in [0, 0.05) is 12.5 Å². The van der Waals surface area contributed by atoms with Gasteiger partial charge >= 0.3 is 0 Å². The molecule has 0 saturated carbocycles. The molecule has 124 valence electrons. The topological polar surface area (TPSA) is 62.1 Å². The SMILES string of the molecule is CC[C@H](CNC(=O)[C@@H](C)Oc1cccc(C#N)c1)c1ccccc1. The van der Waals surface area contributed by atoms with Crippen LogP contribution < -0.4 is 10.1 Å². The van der Waals surface area contributed by atoms with Gasteiger partial charge in [0.15, 0.2) is 6.10 Å². The number of hydrogen-bond acceptors (Lipinski definition) is 3. The van der Waals surface area contributed by atoms with Gasteiger partial charge in [-0.05, 0) is 37.1 Å². The number of hydrogen-bond donors (Lipinski definition) is 1. The van der Waals surface area contributed by atoms with Crippen LogP contribution in [0, 0.1) is 11.3 Å². The van der Waals surface area contributed by atoms with Crippen molar-refractivity contribution < 1.29 is 9.53 Å². The highest BCUT2D eigenvalue weighted by atomic mass is 16.5. The van der Waals surface area contributed by atoms with E-state index in [9.17, 15) is 4.79 Å². The van der Waals surface area contributed by atoms with Gasteiger partial charge in [-0.15, -0.1) is 0 Å². The van der Waals surface area contributed by atoms with Gasteiger partial charge in [0.25, 0.3) is 5.91 Å². The molecular weight excluding hydrogens is 300 g/mol. The zero-order valence-corrected chi connectivity index (χ0v) is 14.0. The molecule has 4 nitrogen and oxygen atoms in total. The van der Waals surface area contributed by atoms with Crippen molar-refractivity contribution >= 4 is 5.91 Å². The van der Waals surface area contributed by atoms with Crippen LogP contribution in [-0.4, -0.2) is 18.6 Å². The maximum Gasteiger partial charge on any atom is 0.260 e. The Hall–Kier alpha value is -2.80. The summed E-state index contributed by atoms with van der Waals surface area (Å²) >= 11 is 0. The quantitative estimate of drug-likeness (QED) is 0.846. The minimum absolute atomic E-state index is 0.160. The number of nitrogens with zero attached hydrogens (tertiary/aromatic N) is 1. The fourth-order valence-electron chi connectivity index (χ4n) is 2.49. The standard InChI is InChI=1S/C20H22N2O2/c1-3-17(18-9-5-4-6-10-18)14-22-20(23)15(2)24-19-11-7-8-16(12-19)13-21/h4-12,15,17H,3,14H2,1-2H3,(H,22,23)/t15-,17-/m1/s1. The fraction of sp³-hybridized carbons (Fsp3) is 0.300. The van der Waals surface area contributed by atoms with Crippen molar-refractivity contribution in [1.29, 1.82) is 5.26 Å². The molecule has 0 saturated heterocycles. The highest BCUT2D eigenvalue weighted by molar-refractivity contribution is 5.80. The first-order valence-corrected chi connectivity index (χ1v) is 8.13. The van der Waals surface area contributed by atoms with E-state index in [1.165, 1.54) is 5.56 Å². The number of carbonyl (C=O) groups is 1. The molecule has 24 heavy (non-hydrogen) atoms. The second-order valence-electron chi connectivity index (χ2n) is 5.66. The van der Waals surface area contributed by atoms with Crippen LogP contribution in [0.25, 0.3) is 0 Å². The molecule has 0 unspecified atom stereocenters. The van der Waals surface area contributed by atoms with Crippen LogP contribution in [0.1, 0.15) is 37.3 Å². The average molecular weight is 322 g/mol. The van der Waals surface area contributed by atoms with Gasteiger partial charge in [-0.3, -0.25) is 4.79 Å². The molecule has 0 aliphatic heterocycles. The molecule has 2 atom stereocenters. The zero-order chi connectivity index (χ0) is 17.4. The number of carbonyl (C=O) groups excluding carboxylic acids is 1. The number of ether oxygens (including phenoxy) is 1. The molecule has 2 rings (SSSR count). The van der Waals surface area contributed by atoms with Crippen molar-refractivity contribution in [3.8, 4) is 11.8 Å². The van der Waals surface area contributed by atoms with Crippen LogP contribution in [0.3, 0.4) is 0 Å². The molecule has 0 aromatic heterocycles. The number of nitriles is 1. The molecule has 0 bridgehead atoms. The summed E-state index contributed by atoms with van der Waals surface area (Å²) < 4.78 is 5.63.